The molecular formula is C21H21N3O4. The van der Waals surface area contributed by atoms with Crippen LogP contribution < -0.4 is 4.90 Å². The first kappa shape index (κ1) is 18.2. The third-order valence-electron chi connectivity index (χ3n) is 4.97. The Morgan fingerprint density at radius 3 is 2.86 bits per heavy atom. The molecule has 28 heavy (non-hydrogen) atoms. The van der Waals surface area contributed by atoms with Crippen molar-refractivity contribution in [1.29, 1.82) is 0 Å². The highest BCUT2D eigenvalue weighted by molar-refractivity contribution is 6.05. The van der Waals surface area contributed by atoms with Gasteiger partial charge >= 0.3 is 5.97 Å². The van der Waals surface area contributed by atoms with E-state index in [1.54, 1.807) is 31.7 Å². The highest BCUT2D eigenvalue weighted by atomic mass is 16.5. The van der Waals surface area contributed by atoms with Crippen LogP contribution in [0.4, 0.5) is 5.69 Å². The second-order valence-electron chi connectivity index (χ2n) is 7.03. The highest BCUT2D eigenvalue weighted by Crippen LogP contribution is 2.28. The highest BCUT2D eigenvalue weighted by Gasteiger charge is 2.29. The summed E-state index contributed by atoms with van der Waals surface area (Å²) in [6, 6.07) is 9.46. The van der Waals surface area contributed by atoms with E-state index in [0.29, 0.717) is 28.9 Å². The molecule has 7 heteroatoms. The Balaban J connectivity index is 1.58. The lowest BCUT2D eigenvalue weighted by atomic mass is 10.0. The molecule has 4 rings (SSSR count). The molecule has 1 amide bonds. The lowest BCUT2D eigenvalue weighted by Gasteiger charge is -2.31. The van der Waals surface area contributed by atoms with Gasteiger partial charge in [-0.25, -0.2) is 9.78 Å². The van der Waals surface area contributed by atoms with Crippen molar-refractivity contribution in [3.8, 4) is 0 Å². The van der Waals surface area contributed by atoms with Crippen LogP contribution in [0.3, 0.4) is 0 Å². The van der Waals surface area contributed by atoms with Gasteiger partial charge in [0.05, 0.1) is 16.6 Å². The normalized spacial score (nSPS) is 14.6. The summed E-state index contributed by atoms with van der Waals surface area (Å²) in [6.45, 7) is 5.70. The average Bonchev–Trinajstić information content (AvgIpc) is 3.06. The van der Waals surface area contributed by atoms with Gasteiger partial charge < -0.3 is 14.2 Å². The maximum atomic E-state index is 13.0. The van der Waals surface area contributed by atoms with E-state index in [1.165, 1.54) is 0 Å². The number of anilines is 1. The quantitative estimate of drug-likeness (QED) is 0.649. The molecule has 0 saturated heterocycles. The molecule has 1 atom stereocenters. The molecular weight excluding hydrogens is 358 g/mol. The molecule has 2 aromatic heterocycles. The minimum Gasteiger partial charge on any atom is -0.449 e. The molecule has 0 spiro atoms. The Labute approximate surface area is 162 Å². The number of fused-ring (bicyclic) bond motifs is 2. The lowest BCUT2D eigenvalue weighted by molar-refractivity contribution is -0.126. The average molecular weight is 379 g/mol. The molecule has 144 valence electrons. The van der Waals surface area contributed by atoms with E-state index in [0.717, 1.165) is 24.1 Å². The number of amides is 1. The number of para-hydroxylation sites is 1. The first-order valence-corrected chi connectivity index (χ1v) is 9.29. The summed E-state index contributed by atoms with van der Waals surface area (Å²) in [4.78, 5) is 31.7. The predicted molar refractivity (Wildman–Crippen MR) is 103 cm³/mol. The molecule has 0 aliphatic carbocycles. The van der Waals surface area contributed by atoms with Gasteiger partial charge in [-0.3, -0.25) is 4.79 Å². The molecule has 1 aliphatic rings. The molecule has 1 aliphatic heterocycles. The number of ether oxygens (including phenoxy) is 1. The molecule has 3 heterocycles. The van der Waals surface area contributed by atoms with E-state index in [1.807, 2.05) is 24.3 Å². The topological polar surface area (TPSA) is 85.5 Å². The molecule has 3 aromatic rings. The molecule has 1 unspecified atom stereocenters. The summed E-state index contributed by atoms with van der Waals surface area (Å²) in [7, 11) is 0. The Morgan fingerprint density at radius 1 is 1.25 bits per heavy atom. The van der Waals surface area contributed by atoms with Crippen LogP contribution in [0, 0.1) is 13.8 Å². The van der Waals surface area contributed by atoms with E-state index in [4.69, 9.17) is 9.26 Å². The summed E-state index contributed by atoms with van der Waals surface area (Å²) in [5.74, 6) is -0.822. The second-order valence-corrected chi connectivity index (χ2v) is 7.03. The van der Waals surface area contributed by atoms with Gasteiger partial charge in [-0.1, -0.05) is 23.4 Å². The number of benzene rings is 1. The van der Waals surface area contributed by atoms with Crippen molar-refractivity contribution in [2.24, 2.45) is 0 Å². The summed E-state index contributed by atoms with van der Waals surface area (Å²) in [5, 5.41) is 4.38. The van der Waals surface area contributed by atoms with Gasteiger partial charge in [-0.15, -0.1) is 0 Å². The number of aromatic nitrogens is 2. The number of aryl methyl sites for hydroxylation is 3. The summed E-state index contributed by atoms with van der Waals surface area (Å²) < 4.78 is 10.7. The number of rotatable bonds is 3. The number of carbonyl (C=O) groups is 2. The summed E-state index contributed by atoms with van der Waals surface area (Å²) in [5.41, 5.74) is 3.78. The summed E-state index contributed by atoms with van der Waals surface area (Å²) in [6.07, 6.45) is 0.908. The Morgan fingerprint density at radius 2 is 2.04 bits per heavy atom. The van der Waals surface area contributed by atoms with Crippen molar-refractivity contribution < 1.29 is 18.8 Å². The Kier molecular flexibility index (Phi) is 4.58. The number of pyridine rings is 1. The lowest BCUT2D eigenvalue weighted by Crippen LogP contribution is -2.42. The van der Waals surface area contributed by atoms with Crippen molar-refractivity contribution in [3.63, 3.8) is 0 Å². The smallest absolute Gasteiger partial charge is 0.339 e. The van der Waals surface area contributed by atoms with Gasteiger partial charge in [0, 0.05) is 17.9 Å². The number of hydrogen-bond acceptors (Lipinski definition) is 6. The van der Waals surface area contributed by atoms with Gasteiger partial charge in [0.25, 0.3) is 11.6 Å². The Bertz CT molecular complexity index is 1070. The fraction of sp³-hybridized carbons (Fsp3) is 0.333. The fourth-order valence-corrected chi connectivity index (χ4v) is 3.64. The molecule has 0 fully saturated rings. The van der Waals surface area contributed by atoms with Gasteiger partial charge in [0.1, 0.15) is 0 Å². The van der Waals surface area contributed by atoms with E-state index in [2.05, 4.69) is 10.1 Å². The third-order valence-corrected chi connectivity index (χ3v) is 4.97. The SMILES string of the molecule is Cc1cc(C(=O)OC(C)C(=O)N2CCCc3ccccc32)c2c(C)noc2n1. The standard InChI is InChI=1S/C21H21N3O4/c1-12-11-16(18-13(2)23-28-19(18)22-12)21(26)27-14(3)20(25)24-10-6-8-15-7-4-5-9-17(15)24/h4-5,7,9,11,14H,6,8,10H2,1-3H3. The monoisotopic (exact) mass is 379 g/mol. The van der Waals surface area contributed by atoms with Crippen LogP contribution in [0.1, 0.15) is 40.7 Å². The predicted octanol–water partition coefficient (Wildman–Crippen LogP) is 3.36. The zero-order chi connectivity index (χ0) is 19.8. The van der Waals surface area contributed by atoms with Crippen LogP contribution in [0.25, 0.3) is 11.1 Å². The number of hydrogen-bond donors (Lipinski definition) is 0. The maximum absolute atomic E-state index is 13.0. The van der Waals surface area contributed by atoms with Crippen LogP contribution >= 0.6 is 0 Å². The largest absolute Gasteiger partial charge is 0.449 e. The maximum Gasteiger partial charge on any atom is 0.339 e. The van der Waals surface area contributed by atoms with E-state index >= 15 is 0 Å². The number of esters is 1. The van der Waals surface area contributed by atoms with Gasteiger partial charge in [0.15, 0.2) is 6.10 Å². The van der Waals surface area contributed by atoms with Gasteiger partial charge in [0.2, 0.25) is 0 Å². The molecule has 1 aromatic carbocycles. The van der Waals surface area contributed by atoms with Crippen LogP contribution in [0.15, 0.2) is 34.9 Å². The fourth-order valence-electron chi connectivity index (χ4n) is 3.64. The van der Waals surface area contributed by atoms with E-state index in [-0.39, 0.29) is 11.6 Å². The minimum absolute atomic E-state index is 0.232. The van der Waals surface area contributed by atoms with Crippen molar-refractivity contribution in [3.05, 3.63) is 52.8 Å². The van der Waals surface area contributed by atoms with Crippen molar-refractivity contribution >= 4 is 28.7 Å². The van der Waals surface area contributed by atoms with Crippen molar-refractivity contribution in [1.82, 2.24) is 10.1 Å². The van der Waals surface area contributed by atoms with Crippen molar-refractivity contribution in [2.75, 3.05) is 11.4 Å². The molecule has 7 nitrogen and oxygen atoms in total. The van der Waals surface area contributed by atoms with Gasteiger partial charge in [-0.05, 0) is 51.3 Å². The summed E-state index contributed by atoms with van der Waals surface area (Å²) >= 11 is 0. The number of nitrogens with zero attached hydrogens (tertiary/aromatic N) is 3. The van der Waals surface area contributed by atoms with Crippen LogP contribution in [0.5, 0.6) is 0 Å². The van der Waals surface area contributed by atoms with E-state index in [9.17, 15) is 9.59 Å². The van der Waals surface area contributed by atoms with Crippen LogP contribution in [-0.4, -0.2) is 34.7 Å². The van der Waals surface area contributed by atoms with Crippen LogP contribution in [0.2, 0.25) is 0 Å². The van der Waals surface area contributed by atoms with Gasteiger partial charge in [-0.2, -0.15) is 0 Å². The molecule has 0 N–H and O–H groups in total. The second kappa shape index (κ2) is 7.07. The molecule has 0 saturated carbocycles. The Hall–Kier alpha value is -3.22. The molecule has 0 radical (unpaired) electrons. The van der Waals surface area contributed by atoms with Crippen LogP contribution in [-0.2, 0) is 16.0 Å². The first-order valence-electron chi connectivity index (χ1n) is 9.29. The zero-order valence-electron chi connectivity index (χ0n) is 16.1. The number of carbonyl (C=O) groups excluding carboxylic acids is 2. The first-order chi connectivity index (χ1) is 13.5. The molecule has 0 bridgehead atoms. The van der Waals surface area contributed by atoms with Crippen molar-refractivity contribution in [2.45, 2.75) is 39.7 Å². The zero-order valence-corrected chi connectivity index (χ0v) is 16.1. The third kappa shape index (κ3) is 3.13. The minimum atomic E-state index is -0.914. The van der Waals surface area contributed by atoms with E-state index < -0.39 is 12.1 Å².